The molecule has 0 aliphatic rings. The minimum absolute atomic E-state index is 0.431. The van der Waals surface area contributed by atoms with Crippen molar-refractivity contribution in [1.29, 1.82) is 0 Å². The Hall–Kier alpha value is -0.120. The van der Waals surface area contributed by atoms with Gasteiger partial charge in [-0.05, 0) is 52.2 Å². The minimum Gasteiger partial charge on any atom is -0.492 e. The van der Waals surface area contributed by atoms with Crippen molar-refractivity contribution in [2.45, 2.75) is 12.3 Å². The van der Waals surface area contributed by atoms with Gasteiger partial charge in [0.2, 0.25) is 0 Å². The summed E-state index contributed by atoms with van der Waals surface area (Å²) in [5.41, 5.74) is 1.59. The second kappa shape index (κ2) is 7.43. The third kappa shape index (κ3) is 4.00. The van der Waals surface area contributed by atoms with Gasteiger partial charge in [0.25, 0.3) is 0 Å². The van der Waals surface area contributed by atoms with Crippen molar-refractivity contribution < 1.29 is 4.74 Å². The first kappa shape index (κ1) is 17.2. The van der Waals surface area contributed by atoms with Crippen LogP contribution in [0, 0.1) is 0 Å². The van der Waals surface area contributed by atoms with Crippen molar-refractivity contribution in [2.75, 3.05) is 6.61 Å². The lowest BCUT2D eigenvalue weighted by Crippen LogP contribution is -1.98. The summed E-state index contributed by atoms with van der Waals surface area (Å²) in [6.45, 7) is 2.40. The lowest BCUT2D eigenvalue weighted by atomic mass is 10.0. The Kier molecular flexibility index (Phi) is 6.10. The first-order valence-electron chi connectivity index (χ1n) is 6.14. The van der Waals surface area contributed by atoms with Gasteiger partial charge in [-0.25, -0.2) is 0 Å². The van der Waals surface area contributed by atoms with E-state index in [1.165, 1.54) is 0 Å². The molecule has 0 amide bonds. The monoisotopic (exact) mass is 426 g/mol. The fourth-order valence-corrected chi connectivity index (χ4v) is 3.23. The molecule has 0 heterocycles. The van der Waals surface area contributed by atoms with Crippen LogP contribution < -0.4 is 4.74 Å². The molecule has 0 saturated carbocycles. The summed E-state index contributed by atoms with van der Waals surface area (Å²) in [6.07, 6.45) is 0. The number of halogens is 5. The molecule has 21 heavy (non-hydrogen) atoms. The lowest BCUT2D eigenvalue weighted by Gasteiger charge is -2.15. The van der Waals surface area contributed by atoms with Crippen LogP contribution in [-0.4, -0.2) is 6.61 Å². The molecule has 0 aliphatic heterocycles. The average Bonchev–Trinajstić information content (AvgIpc) is 2.45. The zero-order chi connectivity index (χ0) is 15.6. The molecule has 0 aromatic heterocycles. The predicted octanol–water partition coefficient (Wildman–Crippen LogP) is 7.14. The Balaban J connectivity index is 2.40. The van der Waals surface area contributed by atoms with Crippen LogP contribution in [0.4, 0.5) is 0 Å². The summed E-state index contributed by atoms with van der Waals surface area (Å²) < 4.78 is 6.19. The van der Waals surface area contributed by atoms with Crippen LogP contribution in [0.5, 0.6) is 5.75 Å². The summed E-state index contributed by atoms with van der Waals surface area (Å²) in [7, 11) is 0. The molecule has 2 aromatic carbocycles. The Morgan fingerprint density at radius 2 is 1.76 bits per heavy atom. The van der Waals surface area contributed by atoms with Crippen LogP contribution in [0.15, 0.2) is 34.8 Å². The van der Waals surface area contributed by atoms with E-state index >= 15 is 0 Å². The van der Waals surface area contributed by atoms with E-state index in [0.717, 1.165) is 15.6 Å². The van der Waals surface area contributed by atoms with Crippen molar-refractivity contribution >= 4 is 62.3 Å². The first-order valence-corrected chi connectivity index (χ1v) is 8.51. The Morgan fingerprint density at radius 3 is 2.38 bits per heavy atom. The van der Waals surface area contributed by atoms with Crippen molar-refractivity contribution in [2.24, 2.45) is 0 Å². The summed E-state index contributed by atoms with van der Waals surface area (Å²) in [6, 6.07) is 8.91. The van der Waals surface area contributed by atoms with E-state index in [-0.39, 0.29) is 0 Å². The Labute approximate surface area is 152 Å². The number of ether oxygens (including phenoxy) is 1. The van der Waals surface area contributed by atoms with Gasteiger partial charge in [0, 0.05) is 15.6 Å². The number of hydrogen-bond acceptors (Lipinski definition) is 1. The Bertz CT molecular complexity index is 660. The zero-order valence-electron chi connectivity index (χ0n) is 11.0. The molecule has 2 rings (SSSR count). The summed E-state index contributed by atoms with van der Waals surface area (Å²) in [4.78, 5) is 0. The van der Waals surface area contributed by atoms with Crippen LogP contribution in [0.25, 0.3) is 0 Å². The van der Waals surface area contributed by atoms with E-state index in [2.05, 4.69) is 15.9 Å². The second-order valence-electron chi connectivity index (χ2n) is 4.27. The number of alkyl halides is 1. The molecule has 1 unspecified atom stereocenters. The van der Waals surface area contributed by atoms with Gasteiger partial charge in [-0.2, -0.15) is 0 Å². The minimum atomic E-state index is -0.431. The highest BCUT2D eigenvalue weighted by Gasteiger charge is 2.18. The summed E-state index contributed by atoms with van der Waals surface area (Å²) >= 11 is 28.4. The van der Waals surface area contributed by atoms with Crippen LogP contribution in [0.3, 0.4) is 0 Å². The second-order valence-corrected chi connectivity index (χ2v) is 6.79. The SMILES string of the molecule is CCOc1cc(Cl)c(C(Cl)c2ccc(Cl)c(Br)c2)cc1Cl. The third-order valence-corrected chi connectivity index (χ3v) is 5.18. The highest BCUT2D eigenvalue weighted by Crippen LogP contribution is 2.40. The number of hydrogen-bond donors (Lipinski definition) is 0. The number of benzene rings is 2. The molecule has 6 heteroatoms. The maximum atomic E-state index is 6.51. The summed E-state index contributed by atoms with van der Waals surface area (Å²) in [5, 5.41) is 1.18. The van der Waals surface area contributed by atoms with Gasteiger partial charge >= 0.3 is 0 Å². The van der Waals surface area contributed by atoms with Gasteiger partial charge in [0.05, 0.1) is 22.0 Å². The zero-order valence-corrected chi connectivity index (χ0v) is 15.6. The fraction of sp³-hybridized carbons (Fsp3) is 0.200. The maximum Gasteiger partial charge on any atom is 0.139 e. The van der Waals surface area contributed by atoms with Crippen molar-refractivity contribution in [3.63, 3.8) is 0 Å². The normalized spacial score (nSPS) is 12.3. The van der Waals surface area contributed by atoms with E-state index in [1.54, 1.807) is 18.2 Å². The molecule has 0 spiro atoms. The van der Waals surface area contributed by atoms with Crippen LogP contribution in [0.2, 0.25) is 15.1 Å². The lowest BCUT2D eigenvalue weighted by molar-refractivity contribution is 0.340. The van der Waals surface area contributed by atoms with Gasteiger partial charge in [0.15, 0.2) is 0 Å². The average molecular weight is 429 g/mol. The van der Waals surface area contributed by atoms with Gasteiger partial charge in [-0.1, -0.05) is 40.9 Å². The number of rotatable bonds is 4. The molecular formula is C15H11BrCl4O. The molecule has 0 N–H and O–H groups in total. The molecule has 2 aromatic rings. The van der Waals surface area contributed by atoms with Gasteiger partial charge in [0.1, 0.15) is 5.75 Å². The van der Waals surface area contributed by atoms with Gasteiger partial charge in [-0.3, -0.25) is 0 Å². The van der Waals surface area contributed by atoms with Crippen LogP contribution in [0.1, 0.15) is 23.4 Å². The van der Waals surface area contributed by atoms with Crippen molar-refractivity contribution in [3.05, 3.63) is 61.0 Å². The van der Waals surface area contributed by atoms with E-state index in [4.69, 9.17) is 51.1 Å². The maximum absolute atomic E-state index is 6.51. The molecule has 0 radical (unpaired) electrons. The quantitative estimate of drug-likeness (QED) is 0.470. The standard InChI is InChI=1S/C15H11BrCl4O/c1-2-21-14-7-12(18)9(6-13(14)19)15(20)8-3-4-11(17)10(16)5-8/h3-7,15H,2H2,1H3. The van der Waals surface area contributed by atoms with E-state index in [9.17, 15) is 0 Å². The smallest absolute Gasteiger partial charge is 0.139 e. The highest BCUT2D eigenvalue weighted by atomic mass is 79.9. The predicted molar refractivity (Wildman–Crippen MR) is 94.5 cm³/mol. The molecule has 0 fully saturated rings. The summed E-state index contributed by atoms with van der Waals surface area (Å²) in [5.74, 6) is 0.550. The van der Waals surface area contributed by atoms with E-state index in [1.807, 2.05) is 19.1 Å². The fourth-order valence-electron chi connectivity index (χ4n) is 1.85. The molecule has 0 saturated heterocycles. The van der Waals surface area contributed by atoms with Crippen LogP contribution >= 0.6 is 62.3 Å². The van der Waals surface area contributed by atoms with Crippen molar-refractivity contribution in [1.82, 2.24) is 0 Å². The van der Waals surface area contributed by atoms with Gasteiger partial charge < -0.3 is 4.74 Å². The topological polar surface area (TPSA) is 9.23 Å². The molecule has 1 atom stereocenters. The largest absolute Gasteiger partial charge is 0.492 e. The van der Waals surface area contributed by atoms with E-state index in [0.29, 0.717) is 27.4 Å². The third-order valence-electron chi connectivity index (χ3n) is 2.86. The van der Waals surface area contributed by atoms with E-state index < -0.39 is 5.38 Å². The van der Waals surface area contributed by atoms with Crippen molar-refractivity contribution in [3.8, 4) is 5.75 Å². The molecule has 1 nitrogen and oxygen atoms in total. The first-order chi connectivity index (χ1) is 9.93. The molecular weight excluding hydrogens is 418 g/mol. The molecule has 0 aliphatic carbocycles. The highest BCUT2D eigenvalue weighted by molar-refractivity contribution is 9.10. The van der Waals surface area contributed by atoms with Crippen LogP contribution in [-0.2, 0) is 0 Å². The molecule has 0 bridgehead atoms. The molecule has 112 valence electrons. The Morgan fingerprint density at radius 1 is 1.05 bits per heavy atom. The van der Waals surface area contributed by atoms with Gasteiger partial charge in [-0.15, -0.1) is 11.6 Å².